The van der Waals surface area contributed by atoms with Crippen LogP contribution in [0.5, 0.6) is 11.5 Å². The van der Waals surface area contributed by atoms with E-state index in [2.05, 4.69) is 5.32 Å². The summed E-state index contributed by atoms with van der Waals surface area (Å²) in [7, 11) is 0. The molecular weight excluding hydrogens is 370 g/mol. The lowest BCUT2D eigenvalue weighted by Gasteiger charge is -2.19. The van der Waals surface area contributed by atoms with Crippen LogP contribution in [0.3, 0.4) is 0 Å². The molecule has 0 fully saturated rings. The van der Waals surface area contributed by atoms with Gasteiger partial charge in [0, 0.05) is 5.56 Å². The molecule has 3 aromatic rings. The van der Waals surface area contributed by atoms with E-state index in [0.717, 1.165) is 0 Å². The lowest BCUT2D eigenvalue weighted by Crippen LogP contribution is -2.26. The molecule has 2 N–H and O–H groups in total. The predicted molar refractivity (Wildman–Crippen MR) is 109 cm³/mol. The Labute approximate surface area is 168 Å². The fraction of sp³-hybridized carbons (Fsp3) is 0.130. The van der Waals surface area contributed by atoms with Gasteiger partial charge in [-0.1, -0.05) is 48.5 Å². The van der Waals surface area contributed by atoms with Crippen LogP contribution in [0.1, 0.15) is 28.9 Å². The van der Waals surface area contributed by atoms with Crippen molar-refractivity contribution in [2.45, 2.75) is 13.0 Å². The standard InChI is InChI=1S/C23H21NO5/c1-2-28-20-14-7-6-13-19(20)24-22(26)21(16-9-4-3-5-10-16)29-23(27)17-11-8-12-18(25)15-17/h3-15,21,25H,2H2,1H3,(H,24,26)/t21-/m0/s1. The van der Waals surface area contributed by atoms with Crippen molar-refractivity contribution in [3.8, 4) is 11.5 Å². The molecule has 0 aromatic heterocycles. The zero-order chi connectivity index (χ0) is 20.6. The van der Waals surface area contributed by atoms with Crippen LogP contribution in [0.15, 0.2) is 78.9 Å². The zero-order valence-electron chi connectivity index (χ0n) is 15.9. The van der Waals surface area contributed by atoms with Gasteiger partial charge in [0.15, 0.2) is 0 Å². The van der Waals surface area contributed by atoms with Gasteiger partial charge in [-0.15, -0.1) is 0 Å². The molecule has 0 bridgehead atoms. The summed E-state index contributed by atoms with van der Waals surface area (Å²) in [4.78, 5) is 25.6. The molecule has 0 spiro atoms. The zero-order valence-corrected chi connectivity index (χ0v) is 15.9. The summed E-state index contributed by atoms with van der Waals surface area (Å²) >= 11 is 0. The number of esters is 1. The summed E-state index contributed by atoms with van der Waals surface area (Å²) in [5.74, 6) is -0.778. The van der Waals surface area contributed by atoms with E-state index in [-0.39, 0.29) is 11.3 Å². The average Bonchev–Trinajstić information content (AvgIpc) is 2.74. The smallest absolute Gasteiger partial charge is 0.339 e. The normalized spacial score (nSPS) is 11.3. The Morgan fingerprint density at radius 3 is 2.41 bits per heavy atom. The number of carbonyl (C=O) groups excluding carboxylic acids is 2. The van der Waals surface area contributed by atoms with E-state index in [1.807, 2.05) is 6.92 Å². The van der Waals surface area contributed by atoms with Crippen LogP contribution < -0.4 is 10.1 Å². The van der Waals surface area contributed by atoms with E-state index in [1.54, 1.807) is 54.6 Å². The van der Waals surface area contributed by atoms with Crippen molar-refractivity contribution < 1.29 is 24.2 Å². The Hall–Kier alpha value is -3.80. The molecule has 1 atom stereocenters. The highest BCUT2D eigenvalue weighted by atomic mass is 16.5. The van der Waals surface area contributed by atoms with Crippen molar-refractivity contribution in [2.75, 3.05) is 11.9 Å². The Kier molecular flexibility index (Phi) is 6.47. The number of phenols is 1. The molecule has 148 valence electrons. The van der Waals surface area contributed by atoms with Crippen LogP contribution in [0.25, 0.3) is 0 Å². The van der Waals surface area contributed by atoms with Gasteiger partial charge >= 0.3 is 5.97 Å². The van der Waals surface area contributed by atoms with E-state index in [9.17, 15) is 14.7 Å². The summed E-state index contributed by atoms with van der Waals surface area (Å²) in [6, 6.07) is 21.5. The molecule has 3 rings (SSSR count). The molecule has 0 saturated heterocycles. The molecule has 29 heavy (non-hydrogen) atoms. The topological polar surface area (TPSA) is 84.9 Å². The van der Waals surface area contributed by atoms with Gasteiger partial charge in [0.25, 0.3) is 5.91 Å². The SMILES string of the molecule is CCOc1ccccc1NC(=O)[C@@H](OC(=O)c1cccc(O)c1)c1ccccc1. The molecule has 6 nitrogen and oxygen atoms in total. The van der Waals surface area contributed by atoms with Crippen molar-refractivity contribution in [2.24, 2.45) is 0 Å². The number of carbonyl (C=O) groups is 2. The van der Waals surface area contributed by atoms with Crippen LogP contribution in [0.2, 0.25) is 0 Å². The monoisotopic (exact) mass is 391 g/mol. The lowest BCUT2D eigenvalue weighted by molar-refractivity contribution is -0.125. The number of nitrogens with one attached hydrogen (secondary N) is 1. The molecule has 0 aliphatic heterocycles. The summed E-state index contributed by atoms with van der Waals surface area (Å²) in [5, 5.41) is 12.4. The molecule has 0 saturated carbocycles. The molecule has 0 radical (unpaired) electrons. The number of hydrogen-bond donors (Lipinski definition) is 2. The summed E-state index contributed by atoms with van der Waals surface area (Å²) in [6.07, 6.45) is -1.18. The minimum atomic E-state index is -1.18. The van der Waals surface area contributed by atoms with E-state index >= 15 is 0 Å². The third-order valence-corrected chi connectivity index (χ3v) is 4.09. The van der Waals surface area contributed by atoms with E-state index in [4.69, 9.17) is 9.47 Å². The number of anilines is 1. The van der Waals surface area contributed by atoms with Crippen LogP contribution in [-0.4, -0.2) is 23.6 Å². The second-order valence-corrected chi connectivity index (χ2v) is 6.16. The van der Waals surface area contributed by atoms with Crippen molar-refractivity contribution >= 4 is 17.6 Å². The van der Waals surface area contributed by atoms with Crippen molar-refractivity contribution in [1.29, 1.82) is 0 Å². The maximum absolute atomic E-state index is 13.0. The number of phenolic OH excluding ortho intramolecular Hbond substituents is 1. The minimum absolute atomic E-state index is 0.0641. The van der Waals surface area contributed by atoms with Crippen molar-refractivity contribution in [1.82, 2.24) is 0 Å². The predicted octanol–water partition coefficient (Wildman–Crippen LogP) is 4.33. The minimum Gasteiger partial charge on any atom is -0.508 e. The number of benzene rings is 3. The fourth-order valence-corrected chi connectivity index (χ4v) is 2.76. The highest BCUT2D eigenvalue weighted by molar-refractivity contribution is 5.99. The molecule has 1 amide bonds. The maximum Gasteiger partial charge on any atom is 0.339 e. The third kappa shape index (κ3) is 5.13. The Morgan fingerprint density at radius 2 is 1.69 bits per heavy atom. The van der Waals surface area contributed by atoms with Gasteiger partial charge in [-0.3, -0.25) is 4.79 Å². The van der Waals surface area contributed by atoms with E-state index < -0.39 is 18.0 Å². The molecular formula is C23H21NO5. The third-order valence-electron chi connectivity index (χ3n) is 4.09. The first-order valence-corrected chi connectivity index (χ1v) is 9.16. The summed E-state index contributed by atoms with van der Waals surface area (Å²) < 4.78 is 11.0. The first-order valence-electron chi connectivity index (χ1n) is 9.16. The highest BCUT2D eigenvalue weighted by Gasteiger charge is 2.26. The number of aromatic hydroxyl groups is 1. The van der Waals surface area contributed by atoms with Gasteiger partial charge in [0.05, 0.1) is 17.9 Å². The van der Waals surface area contributed by atoms with Crippen LogP contribution in [0, 0.1) is 0 Å². The van der Waals surface area contributed by atoms with Crippen molar-refractivity contribution in [3.05, 3.63) is 90.0 Å². The van der Waals surface area contributed by atoms with Gasteiger partial charge in [0.1, 0.15) is 11.5 Å². The molecule has 0 aliphatic rings. The van der Waals surface area contributed by atoms with Gasteiger partial charge in [-0.05, 0) is 37.3 Å². The van der Waals surface area contributed by atoms with Crippen molar-refractivity contribution in [3.63, 3.8) is 0 Å². The van der Waals surface area contributed by atoms with E-state index in [1.165, 1.54) is 24.3 Å². The largest absolute Gasteiger partial charge is 0.508 e. The maximum atomic E-state index is 13.0. The first kappa shape index (κ1) is 19.9. The number of hydrogen-bond acceptors (Lipinski definition) is 5. The van der Waals surface area contributed by atoms with Gasteiger partial charge < -0.3 is 19.9 Å². The molecule has 0 aliphatic carbocycles. The number of ether oxygens (including phenoxy) is 2. The molecule has 0 unspecified atom stereocenters. The summed E-state index contributed by atoms with van der Waals surface area (Å²) in [5.41, 5.74) is 1.15. The molecule has 6 heteroatoms. The Balaban J connectivity index is 1.86. The second-order valence-electron chi connectivity index (χ2n) is 6.16. The second kappa shape index (κ2) is 9.41. The van der Waals surface area contributed by atoms with Crippen LogP contribution >= 0.6 is 0 Å². The Bertz CT molecular complexity index is 987. The Morgan fingerprint density at radius 1 is 0.966 bits per heavy atom. The molecule has 0 heterocycles. The van der Waals surface area contributed by atoms with E-state index in [0.29, 0.717) is 23.6 Å². The average molecular weight is 391 g/mol. The van der Waals surface area contributed by atoms with Crippen LogP contribution in [0.4, 0.5) is 5.69 Å². The number of para-hydroxylation sites is 2. The van der Waals surface area contributed by atoms with Gasteiger partial charge in [-0.2, -0.15) is 0 Å². The van der Waals surface area contributed by atoms with Gasteiger partial charge in [-0.25, -0.2) is 4.79 Å². The van der Waals surface area contributed by atoms with Crippen LogP contribution in [-0.2, 0) is 9.53 Å². The number of rotatable bonds is 7. The number of amides is 1. The fourth-order valence-electron chi connectivity index (χ4n) is 2.76. The molecule has 3 aromatic carbocycles. The summed E-state index contributed by atoms with van der Waals surface area (Å²) in [6.45, 7) is 2.30. The van der Waals surface area contributed by atoms with Gasteiger partial charge in [0.2, 0.25) is 6.10 Å². The lowest BCUT2D eigenvalue weighted by atomic mass is 10.1. The highest BCUT2D eigenvalue weighted by Crippen LogP contribution is 2.27. The first-order chi connectivity index (χ1) is 14.1. The quantitative estimate of drug-likeness (QED) is 0.586.